The summed E-state index contributed by atoms with van der Waals surface area (Å²) < 4.78 is 0. The minimum Gasteiger partial charge on any atom is -0.392 e. The molecule has 23 heavy (non-hydrogen) atoms. The lowest BCUT2D eigenvalue weighted by Crippen LogP contribution is -2.05. The van der Waals surface area contributed by atoms with Crippen LogP contribution in [0.5, 0.6) is 0 Å². The second-order valence-electron chi connectivity index (χ2n) is 6.26. The highest BCUT2D eigenvalue weighted by molar-refractivity contribution is 5.24. The summed E-state index contributed by atoms with van der Waals surface area (Å²) >= 11 is 0. The average molecular weight is 316 g/mol. The fraction of sp³-hybridized carbons (Fsp3) is 0.619. The van der Waals surface area contributed by atoms with Crippen molar-refractivity contribution >= 4 is 0 Å². The van der Waals surface area contributed by atoms with Gasteiger partial charge in [-0.3, -0.25) is 0 Å². The summed E-state index contributed by atoms with van der Waals surface area (Å²) in [7, 11) is 0. The van der Waals surface area contributed by atoms with Gasteiger partial charge >= 0.3 is 0 Å². The summed E-state index contributed by atoms with van der Waals surface area (Å²) in [6.45, 7) is 2.24. The van der Waals surface area contributed by atoms with Gasteiger partial charge in [0.15, 0.2) is 0 Å². The molecular formula is C21H32O2. The van der Waals surface area contributed by atoms with Crippen molar-refractivity contribution in [3.63, 3.8) is 0 Å². The Morgan fingerprint density at radius 1 is 0.870 bits per heavy atom. The van der Waals surface area contributed by atoms with Gasteiger partial charge < -0.3 is 10.2 Å². The smallest absolute Gasteiger partial charge is 0.140 e. The van der Waals surface area contributed by atoms with E-state index < -0.39 is 6.10 Å². The molecule has 0 saturated heterocycles. The quantitative estimate of drug-likeness (QED) is 0.445. The Morgan fingerprint density at radius 2 is 1.48 bits per heavy atom. The van der Waals surface area contributed by atoms with Crippen molar-refractivity contribution in [3.05, 3.63) is 35.9 Å². The number of unbranched alkanes of at least 4 members (excludes halogenated alkanes) is 7. The second kappa shape index (κ2) is 13.2. The lowest BCUT2D eigenvalue weighted by Gasteiger charge is -2.07. The fourth-order valence-corrected chi connectivity index (χ4v) is 2.61. The molecule has 2 unspecified atom stereocenters. The van der Waals surface area contributed by atoms with E-state index in [0.717, 1.165) is 18.4 Å². The van der Waals surface area contributed by atoms with E-state index in [1.165, 1.54) is 44.9 Å². The Morgan fingerprint density at radius 3 is 2.13 bits per heavy atom. The molecule has 128 valence electrons. The van der Waals surface area contributed by atoms with Crippen LogP contribution in [0.2, 0.25) is 0 Å². The minimum atomic E-state index is -0.758. The molecule has 0 aliphatic heterocycles. The second-order valence-corrected chi connectivity index (χ2v) is 6.26. The largest absolute Gasteiger partial charge is 0.392 e. The number of hydrogen-bond acceptors (Lipinski definition) is 2. The molecule has 0 aromatic heterocycles. The van der Waals surface area contributed by atoms with E-state index in [4.69, 9.17) is 0 Å². The third-order valence-electron chi connectivity index (χ3n) is 4.08. The summed E-state index contributed by atoms with van der Waals surface area (Å²) in [5.41, 5.74) is 0.803. The summed E-state index contributed by atoms with van der Waals surface area (Å²) in [6, 6.07) is 9.40. The highest BCUT2D eigenvalue weighted by Crippen LogP contribution is 2.13. The average Bonchev–Trinajstić information content (AvgIpc) is 2.58. The lowest BCUT2D eigenvalue weighted by molar-refractivity contribution is 0.165. The van der Waals surface area contributed by atoms with Crippen molar-refractivity contribution in [2.45, 2.75) is 83.3 Å². The van der Waals surface area contributed by atoms with Gasteiger partial charge in [0, 0.05) is 6.42 Å². The molecule has 1 aromatic rings. The Labute approximate surface area is 141 Å². The van der Waals surface area contributed by atoms with Gasteiger partial charge in [0.2, 0.25) is 0 Å². The lowest BCUT2D eigenvalue weighted by atomic mass is 10.0. The molecule has 0 saturated carbocycles. The first-order chi connectivity index (χ1) is 11.2. The summed E-state index contributed by atoms with van der Waals surface area (Å²) in [5.74, 6) is 5.71. The molecule has 0 radical (unpaired) electrons. The van der Waals surface area contributed by atoms with Crippen LogP contribution in [0.25, 0.3) is 0 Å². The molecule has 1 rings (SSSR count). The third-order valence-corrected chi connectivity index (χ3v) is 4.08. The zero-order valence-corrected chi connectivity index (χ0v) is 14.5. The monoisotopic (exact) mass is 316 g/mol. The first kappa shape index (κ1) is 19.7. The van der Waals surface area contributed by atoms with Gasteiger partial charge in [0.25, 0.3) is 0 Å². The first-order valence-corrected chi connectivity index (χ1v) is 9.13. The van der Waals surface area contributed by atoms with E-state index in [-0.39, 0.29) is 6.10 Å². The van der Waals surface area contributed by atoms with Crippen molar-refractivity contribution in [2.75, 3.05) is 0 Å². The Balaban J connectivity index is 2.06. The molecule has 2 nitrogen and oxygen atoms in total. The SMILES string of the molecule is CCCCCCCCCCC(O)CC#CC(O)c1ccccc1. The van der Waals surface area contributed by atoms with Gasteiger partial charge in [0.05, 0.1) is 6.10 Å². The molecule has 0 fully saturated rings. The van der Waals surface area contributed by atoms with Crippen molar-refractivity contribution in [1.29, 1.82) is 0 Å². The van der Waals surface area contributed by atoms with Crippen LogP contribution in [0.15, 0.2) is 30.3 Å². The number of rotatable bonds is 11. The Kier molecular flexibility index (Phi) is 11.3. The highest BCUT2D eigenvalue weighted by atomic mass is 16.3. The summed E-state index contributed by atoms with van der Waals surface area (Å²) in [4.78, 5) is 0. The zero-order valence-electron chi connectivity index (χ0n) is 14.5. The van der Waals surface area contributed by atoms with E-state index in [1.807, 2.05) is 30.3 Å². The van der Waals surface area contributed by atoms with Gasteiger partial charge in [-0.15, -0.1) is 0 Å². The summed E-state index contributed by atoms with van der Waals surface area (Å²) in [6.07, 6.45) is 10.3. The Hall–Kier alpha value is -1.30. The van der Waals surface area contributed by atoms with Crippen LogP contribution < -0.4 is 0 Å². The first-order valence-electron chi connectivity index (χ1n) is 9.13. The number of hydrogen-bond donors (Lipinski definition) is 2. The van der Waals surface area contributed by atoms with Crippen molar-refractivity contribution in [3.8, 4) is 11.8 Å². The standard InChI is InChI=1S/C21H32O2/c1-2-3-4-5-6-7-8-12-16-20(22)17-13-18-21(23)19-14-10-9-11-15-19/h9-11,14-15,20-23H,2-8,12,16-17H2,1H3. The molecule has 2 N–H and O–H groups in total. The predicted octanol–water partition coefficient (Wildman–Crippen LogP) is 5.01. The molecule has 0 aliphatic carbocycles. The van der Waals surface area contributed by atoms with Gasteiger partial charge in [-0.1, -0.05) is 100 Å². The minimum absolute atomic E-state index is 0.370. The summed E-state index contributed by atoms with van der Waals surface area (Å²) in [5, 5.41) is 19.8. The molecule has 1 aromatic carbocycles. The van der Waals surface area contributed by atoms with Crippen LogP contribution in [-0.2, 0) is 0 Å². The molecule has 2 atom stereocenters. The van der Waals surface area contributed by atoms with E-state index in [1.54, 1.807) is 0 Å². The molecule has 0 bridgehead atoms. The molecule has 0 spiro atoms. The van der Waals surface area contributed by atoms with Gasteiger partial charge in [0.1, 0.15) is 6.10 Å². The molecule has 0 amide bonds. The maximum absolute atomic E-state index is 9.92. The van der Waals surface area contributed by atoms with Crippen LogP contribution >= 0.6 is 0 Å². The highest BCUT2D eigenvalue weighted by Gasteiger charge is 2.04. The van der Waals surface area contributed by atoms with Crippen molar-refractivity contribution < 1.29 is 10.2 Å². The van der Waals surface area contributed by atoms with Crippen LogP contribution in [-0.4, -0.2) is 16.3 Å². The van der Waals surface area contributed by atoms with E-state index in [9.17, 15) is 10.2 Å². The maximum Gasteiger partial charge on any atom is 0.140 e. The molecular weight excluding hydrogens is 284 g/mol. The van der Waals surface area contributed by atoms with E-state index in [2.05, 4.69) is 18.8 Å². The fourth-order valence-electron chi connectivity index (χ4n) is 2.61. The van der Waals surface area contributed by atoms with E-state index >= 15 is 0 Å². The molecule has 0 aliphatic rings. The van der Waals surface area contributed by atoms with Crippen molar-refractivity contribution in [2.24, 2.45) is 0 Å². The van der Waals surface area contributed by atoms with Gasteiger partial charge in [-0.2, -0.15) is 0 Å². The number of aliphatic hydroxyl groups is 2. The topological polar surface area (TPSA) is 40.5 Å². The normalized spacial score (nSPS) is 13.2. The molecule has 2 heteroatoms. The zero-order chi connectivity index (χ0) is 16.8. The van der Waals surface area contributed by atoms with E-state index in [0.29, 0.717) is 6.42 Å². The van der Waals surface area contributed by atoms with Gasteiger partial charge in [-0.25, -0.2) is 0 Å². The van der Waals surface area contributed by atoms with Crippen LogP contribution in [0.4, 0.5) is 0 Å². The predicted molar refractivity (Wildman–Crippen MR) is 97.0 cm³/mol. The number of benzene rings is 1. The van der Waals surface area contributed by atoms with Crippen LogP contribution in [0.1, 0.15) is 82.8 Å². The third kappa shape index (κ3) is 10.2. The number of aliphatic hydroxyl groups excluding tert-OH is 2. The van der Waals surface area contributed by atoms with Crippen LogP contribution in [0.3, 0.4) is 0 Å². The molecule has 0 heterocycles. The Bertz CT molecular complexity index is 444. The van der Waals surface area contributed by atoms with Crippen LogP contribution in [0, 0.1) is 11.8 Å². The van der Waals surface area contributed by atoms with Crippen molar-refractivity contribution in [1.82, 2.24) is 0 Å². The maximum atomic E-state index is 9.92. The van der Waals surface area contributed by atoms with Gasteiger partial charge in [-0.05, 0) is 12.0 Å².